The van der Waals surface area contributed by atoms with E-state index in [-0.39, 0.29) is 6.42 Å². The Balaban J connectivity index is 2.68. The van der Waals surface area contributed by atoms with Gasteiger partial charge in [-0.3, -0.25) is 0 Å². The topological polar surface area (TPSA) is 46.5 Å². The first-order valence-corrected chi connectivity index (χ1v) is 5.23. The van der Waals surface area contributed by atoms with Crippen molar-refractivity contribution < 1.29 is 19.0 Å². The number of rotatable bonds is 6. The summed E-state index contributed by atoms with van der Waals surface area (Å²) in [7, 11) is 0. The van der Waals surface area contributed by atoms with Gasteiger partial charge in [-0.25, -0.2) is 9.18 Å². The maximum atomic E-state index is 13.3. The maximum absolute atomic E-state index is 13.3. The molecular weight excluding hydrogens is 211 g/mol. The normalized spacial score (nSPS) is 12.4. The van der Waals surface area contributed by atoms with E-state index in [4.69, 9.17) is 9.84 Å². The number of benzene rings is 1. The highest BCUT2D eigenvalue weighted by Gasteiger charge is 2.19. The number of halogens is 1. The minimum absolute atomic E-state index is 0.0575. The third-order valence-electron chi connectivity index (χ3n) is 2.16. The molecule has 0 amide bonds. The summed E-state index contributed by atoms with van der Waals surface area (Å²) in [4.78, 5) is 10.9. The zero-order valence-corrected chi connectivity index (χ0v) is 9.15. The molecule has 0 aromatic heterocycles. The number of carboxylic acids is 1. The second kappa shape index (κ2) is 6.23. The van der Waals surface area contributed by atoms with Crippen LogP contribution in [0.15, 0.2) is 24.3 Å². The molecule has 0 saturated carbocycles. The van der Waals surface area contributed by atoms with Gasteiger partial charge in [-0.05, 0) is 18.1 Å². The zero-order valence-electron chi connectivity index (χ0n) is 9.15. The van der Waals surface area contributed by atoms with Crippen molar-refractivity contribution in [2.75, 3.05) is 6.61 Å². The summed E-state index contributed by atoms with van der Waals surface area (Å²) in [6, 6.07) is 6.13. The van der Waals surface area contributed by atoms with Gasteiger partial charge in [0.2, 0.25) is 0 Å². The van der Waals surface area contributed by atoms with Gasteiger partial charge in [-0.2, -0.15) is 0 Å². The molecule has 0 saturated heterocycles. The maximum Gasteiger partial charge on any atom is 0.333 e. The summed E-state index contributed by atoms with van der Waals surface area (Å²) in [6.07, 6.45) is -0.180. The number of hydrogen-bond acceptors (Lipinski definition) is 2. The standard InChI is InChI=1S/C12H15FO3/c1-2-7-16-11(12(14)15)8-9-5-3-4-6-10(9)13/h3-6,11H,2,7-8H2,1H3,(H,14,15)/t11-/m1/s1. The van der Waals surface area contributed by atoms with Gasteiger partial charge in [0.15, 0.2) is 6.10 Å². The van der Waals surface area contributed by atoms with Crippen LogP contribution in [0.4, 0.5) is 4.39 Å². The number of hydrogen-bond donors (Lipinski definition) is 1. The van der Waals surface area contributed by atoms with Gasteiger partial charge in [0.05, 0.1) is 0 Å². The third-order valence-corrected chi connectivity index (χ3v) is 2.16. The van der Waals surface area contributed by atoms with E-state index in [1.807, 2.05) is 6.92 Å². The molecule has 16 heavy (non-hydrogen) atoms. The SMILES string of the molecule is CCCO[C@H](Cc1ccccc1F)C(=O)O. The van der Waals surface area contributed by atoms with Crippen molar-refractivity contribution in [2.24, 2.45) is 0 Å². The van der Waals surface area contributed by atoms with E-state index in [0.717, 1.165) is 6.42 Å². The van der Waals surface area contributed by atoms with Gasteiger partial charge in [0.25, 0.3) is 0 Å². The van der Waals surface area contributed by atoms with Crippen LogP contribution >= 0.6 is 0 Å². The molecule has 0 aliphatic rings. The van der Waals surface area contributed by atoms with Gasteiger partial charge in [0, 0.05) is 13.0 Å². The van der Waals surface area contributed by atoms with Crippen LogP contribution < -0.4 is 0 Å². The average Bonchev–Trinajstić information content (AvgIpc) is 2.26. The van der Waals surface area contributed by atoms with Crippen molar-refractivity contribution in [3.63, 3.8) is 0 Å². The fourth-order valence-electron chi connectivity index (χ4n) is 1.34. The lowest BCUT2D eigenvalue weighted by molar-refractivity contribution is -0.150. The number of carboxylic acid groups (broad SMARTS) is 1. The molecule has 1 aromatic carbocycles. The first-order chi connectivity index (χ1) is 7.65. The molecule has 1 rings (SSSR count). The van der Waals surface area contributed by atoms with Crippen LogP contribution in [0.5, 0.6) is 0 Å². The van der Waals surface area contributed by atoms with Crippen LogP contribution in [0.1, 0.15) is 18.9 Å². The molecular formula is C12H15FO3. The Morgan fingerprint density at radius 1 is 1.50 bits per heavy atom. The molecule has 1 N–H and O–H groups in total. The molecule has 88 valence electrons. The van der Waals surface area contributed by atoms with Crippen LogP contribution in [0.2, 0.25) is 0 Å². The van der Waals surface area contributed by atoms with E-state index < -0.39 is 17.9 Å². The van der Waals surface area contributed by atoms with Gasteiger partial charge in [-0.15, -0.1) is 0 Å². The summed E-state index contributed by atoms with van der Waals surface area (Å²) >= 11 is 0. The highest BCUT2D eigenvalue weighted by Crippen LogP contribution is 2.11. The molecule has 0 aliphatic heterocycles. The molecule has 0 spiro atoms. The van der Waals surface area contributed by atoms with Gasteiger partial charge >= 0.3 is 5.97 Å². The predicted molar refractivity (Wildman–Crippen MR) is 57.8 cm³/mol. The van der Waals surface area contributed by atoms with Crippen molar-refractivity contribution >= 4 is 5.97 Å². The molecule has 3 nitrogen and oxygen atoms in total. The average molecular weight is 226 g/mol. The molecule has 1 atom stereocenters. The van der Waals surface area contributed by atoms with E-state index in [9.17, 15) is 9.18 Å². The van der Waals surface area contributed by atoms with Crippen molar-refractivity contribution in [3.8, 4) is 0 Å². The highest BCUT2D eigenvalue weighted by atomic mass is 19.1. The van der Waals surface area contributed by atoms with Crippen molar-refractivity contribution in [3.05, 3.63) is 35.6 Å². The molecule has 0 heterocycles. The molecule has 0 radical (unpaired) electrons. The summed E-state index contributed by atoms with van der Waals surface area (Å²) in [5.74, 6) is -1.45. The lowest BCUT2D eigenvalue weighted by Gasteiger charge is -2.13. The molecule has 4 heteroatoms. The van der Waals surface area contributed by atoms with Gasteiger partial charge in [0.1, 0.15) is 5.82 Å². The van der Waals surface area contributed by atoms with Crippen LogP contribution in [-0.2, 0) is 16.0 Å². The lowest BCUT2D eigenvalue weighted by Crippen LogP contribution is -2.27. The van der Waals surface area contributed by atoms with E-state index in [2.05, 4.69) is 0 Å². The van der Waals surface area contributed by atoms with Crippen molar-refractivity contribution in [1.29, 1.82) is 0 Å². The summed E-state index contributed by atoms with van der Waals surface area (Å²) in [6.45, 7) is 2.26. The fraction of sp³-hybridized carbons (Fsp3) is 0.417. The van der Waals surface area contributed by atoms with Gasteiger partial charge in [-0.1, -0.05) is 25.1 Å². The fourth-order valence-corrected chi connectivity index (χ4v) is 1.34. The summed E-state index contributed by atoms with van der Waals surface area (Å²) in [5, 5.41) is 8.90. The Labute approximate surface area is 93.9 Å². The highest BCUT2D eigenvalue weighted by molar-refractivity contribution is 5.72. The molecule has 1 aromatic rings. The van der Waals surface area contributed by atoms with Crippen LogP contribution in [-0.4, -0.2) is 23.8 Å². The number of aliphatic carboxylic acids is 1. The predicted octanol–water partition coefficient (Wildman–Crippen LogP) is 2.25. The quantitative estimate of drug-likeness (QED) is 0.809. The molecule has 0 fully saturated rings. The van der Waals surface area contributed by atoms with E-state index in [1.54, 1.807) is 18.2 Å². The zero-order chi connectivity index (χ0) is 12.0. The molecule has 0 bridgehead atoms. The molecule has 0 aliphatic carbocycles. The lowest BCUT2D eigenvalue weighted by atomic mass is 10.1. The summed E-state index contributed by atoms with van der Waals surface area (Å²) < 4.78 is 18.4. The Morgan fingerprint density at radius 2 is 2.19 bits per heavy atom. The first kappa shape index (κ1) is 12.6. The monoisotopic (exact) mass is 226 g/mol. The van der Waals surface area contributed by atoms with E-state index in [1.165, 1.54) is 6.07 Å². The van der Waals surface area contributed by atoms with E-state index in [0.29, 0.717) is 12.2 Å². The summed E-state index contributed by atoms with van der Waals surface area (Å²) in [5.41, 5.74) is 0.367. The van der Waals surface area contributed by atoms with Gasteiger partial charge < -0.3 is 9.84 Å². The Kier molecular flexibility index (Phi) is 4.92. The van der Waals surface area contributed by atoms with Crippen molar-refractivity contribution in [1.82, 2.24) is 0 Å². The Bertz CT molecular complexity index is 352. The minimum atomic E-state index is -1.06. The van der Waals surface area contributed by atoms with Crippen LogP contribution in [0.25, 0.3) is 0 Å². The van der Waals surface area contributed by atoms with Crippen LogP contribution in [0.3, 0.4) is 0 Å². The smallest absolute Gasteiger partial charge is 0.333 e. The third kappa shape index (κ3) is 3.62. The Hall–Kier alpha value is -1.42. The van der Waals surface area contributed by atoms with Crippen LogP contribution in [0, 0.1) is 5.82 Å². The van der Waals surface area contributed by atoms with E-state index >= 15 is 0 Å². The second-order valence-electron chi connectivity index (χ2n) is 3.49. The first-order valence-electron chi connectivity index (χ1n) is 5.23. The number of ether oxygens (including phenoxy) is 1. The molecule has 0 unspecified atom stereocenters. The number of carbonyl (C=O) groups is 1. The van der Waals surface area contributed by atoms with Crippen molar-refractivity contribution in [2.45, 2.75) is 25.9 Å². The largest absolute Gasteiger partial charge is 0.479 e. The Morgan fingerprint density at radius 3 is 2.75 bits per heavy atom. The minimum Gasteiger partial charge on any atom is -0.479 e. The second-order valence-corrected chi connectivity index (χ2v) is 3.49.